The van der Waals surface area contributed by atoms with E-state index in [9.17, 15) is 4.79 Å². The lowest BCUT2D eigenvalue weighted by molar-refractivity contribution is -0.113. The largest absolute Gasteiger partial charge is 0.423 e. The van der Waals surface area contributed by atoms with Crippen molar-refractivity contribution in [3.8, 4) is 0 Å². The van der Waals surface area contributed by atoms with Crippen molar-refractivity contribution in [3.63, 3.8) is 0 Å². The minimum Gasteiger partial charge on any atom is -0.423 e. The zero-order chi connectivity index (χ0) is 22.8. The number of rotatable bonds is 4. The van der Waals surface area contributed by atoms with Crippen LogP contribution in [0.25, 0.3) is 11.1 Å². The third-order valence-electron chi connectivity index (χ3n) is 5.43. The quantitative estimate of drug-likeness (QED) is 0.410. The fourth-order valence-electron chi connectivity index (χ4n) is 3.77. The van der Waals surface area contributed by atoms with Gasteiger partial charge in [-0.2, -0.15) is 4.98 Å². The van der Waals surface area contributed by atoms with Crippen LogP contribution < -0.4 is 16.0 Å². The van der Waals surface area contributed by atoms with E-state index >= 15 is 0 Å². The number of nitrogens with zero attached hydrogens (tertiary/aromatic N) is 2. The maximum atomic E-state index is 13.3. The lowest BCUT2D eigenvalue weighted by atomic mass is 9.95. The van der Waals surface area contributed by atoms with Crippen molar-refractivity contribution in [1.82, 2.24) is 10.3 Å². The van der Waals surface area contributed by atoms with Crippen molar-refractivity contribution in [1.29, 1.82) is 0 Å². The Labute approximate surface area is 191 Å². The van der Waals surface area contributed by atoms with Gasteiger partial charge in [0.25, 0.3) is 5.91 Å². The molecule has 4 aromatic rings. The number of anilines is 2. The average Bonchev–Trinajstić information content (AvgIpc) is 3.22. The van der Waals surface area contributed by atoms with E-state index in [4.69, 9.17) is 9.41 Å². The van der Waals surface area contributed by atoms with Gasteiger partial charge in [-0.05, 0) is 43.7 Å². The Morgan fingerprint density at radius 2 is 1.67 bits per heavy atom. The molecule has 1 aliphatic rings. The monoisotopic (exact) mass is 437 g/mol. The first kappa shape index (κ1) is 20.5. The van der Waals surface area contributed by atoms with Gasteiger partial charge < -0.3 is 15.1 Å². The van der Waals surface area contributed by atoms with E-state index in [0.717, 1.165) is 22.3 Å². The number of carbonyl (C=O) groups excluding carboxylic acids is 1. The van der Waals surface area contributed by atoms with Crippen LogP contribution in [0.4, 0.5) is 11.7 Å². The van der Waals surface area contributed by atoms with Gasteiger partial charge in [-0.3, -0.25) is 10.1 Å². The molecule has 0 spiro atoms. The molecule has 164 valence electrons. The summed E-state index contributed by atoms with van der Waals surface area (Å²) in [5.74, 6) is 0.252. The molecule has 7 nitrogen and oxygen atoms in total. The number of fused-ring (bicyclic) bond motifs is 1. The van der Waals surface area contributed by atoms with Crippen LogP contribution in [0.5, 0.6) is 0 Å². The number of para-hydroxylation sites is 3. The molecular formula is C26H23N5O2. The van der Waals surface area contributed by atoms with E-state index in [1.807, 2.05) is 92.7 Å². The van der Waals surface area contributed by atoms with E-state index in [1.165, 1.54) is 0 Å². The van der Waals surface area contributed by atoms with Gasteiger partial charge in [-0.1, -0.05) is 60.2 Å². The highest BCUT2D eigenvalue weighted by Gasteiger charge is 2.30. The molecule has 0 fully saturated rings. The molecule has 0 radical (unpaired) electrons. The highest BCUT2D eigenvalue weighted by molar-refractivity contribution is 6.07. The second-order valence-electron chi connectivity index (χ2n) is 7.89. The summed E-state index contributed by atoms with van der Waals surface area (Å²) in [5.41, 5.74) is 5.45. The lowest BCUT2D eigenvalue weighted by Gasteiger charge is -2.26. The Hall–Kier alpha value is -4.39. The van der Waals surface area contributed by atoms with Crippen molar-refractivity contribution in [2.75, 3.05) is 10.6 Å². The number of amides is 1. The number of hydrogen-bond acceptors (Lipinski definition) is 6. The number of aliphatic imine (C=N–C) groups is 1. The fourth-order valence-corrected chi connectivity index (χ4v) is 3.77. The van der Waals surface area contributed by atoms with Crippen LogP contribution in [-0.4, -0.2) is 16.9 Å². The summed E-state index contributed by atoms with van der Waals surface area (Å²) in [7, 11) is 0. The summed E-state index contributed by atoms with van der Waals surface area (Å²) in [6.07, 6.45) is 0. The zero-order valence-electron chi connectivity index (χ0n) is 18.3. The molecule has 7 heteroatoms. The molecule has 3 aromatic carbocycles. The Morgan fingerprint density at radius 1 is 0.939 bits per heavy atom. The number of hydrogen-bond donors (Lipinski definition) is 3. The van der Waals surface area contributed by atoms with Gasteiger partial charge in [-0.15, -0.1) is 0 Å². The maximum absolute atomic E-state index is 13.3. The molecule has 0 saturated carbocycles. The van der Waals surface area contributed by atoms with Crippen LogP contribution in [-0.2, 0) is 4.79 Å². The van der Waals surface area contributed by atoms with E-state index < -0.39 is 6.04 Å². The molecule has 0 aliphatic carbocycles. The van der Waals surface area contributed by atoms with Gasteiger partial charge in [0.05, 0.1) is 5.57 Å². The predicted octanol–water partition coefficient (Wildman–Crippen LogP) is 5.16. The number of guanidine groups is 1. The lowest BCUT2D eigenvalue weighted by Crippen LogP contribution is -2.37. The van der Waals surface area contributed by atoms with Crippen LogP contribution in [0.15, 0.2) is 99.5 Å². The summed E-state index contributed by atoms with van der Waals surface area (Å²) in [6, 6.07) is 24.8. The second kappa shape index (κ2) is 8.63. The second-order valence-corrected chi connectivity index (χ2v) is 7.89. The molecule has 0 saturated heterocycles. The summed E-state index contributed by atoms with van der Waals surface area (Å²) >= 11 is 0. The smallest absolute Gasteiger partial charge is 0.302 e. The van der Waals surface area contributed by atoms with Crippen LogP contribution in [0.1, 0.15) is 24.1 Å². The van der Waals surface area contributed by atoms with Crippen molar-refractivity contribution >= 4 is 34.7 Å². The molecule has 3 N–H and O–H groups in total. The number of allylic oxidation sites excluding steroid dienone is 1. The van der Waals surface area contributed by atoms with Gasteiger partial charge in [0.2, 0.25) is 5.96 Å². The third-order valence-corrected chi connectivity index (χ3v) is 5.43. The summed E-state index contributed by atoms with van der Waals surface area (Å²) in [5, 5.41) is 9.29. The topological polar surface area (TPSA) is 91.5 Å². The Kier molecular flexibility index (Phi) is 5.36. The van der Waals surface area contributed by atoms with Crippen LogP contribution >= 0.6 is 0 Å². The Balaban J connectivity index is 1.48. The molecular weight excluding hydrogens is 414 g/mol. The van der Waals surface area contributed by atoms with E-state index in [-0.39, 0.29) is 5.91 Å². The number of carbonyl (C=O) groups is 1. The molecule has 33 heavy (non-hydrogen) atoms. The summed E-state index contributed by atoms with van der Waals surface area (Å²) < 4.78 is 5.78. The first-order valence-corrected chi connectivity index (χ1v) is 10.7. The van der Waals surface area contributed by atoms with Gasteiger partial charge in [0.1, 0.15) is 11.6 Å². The summed E-state index contributed by atoms with van der Waals surface area (Å²) in [6.45, 7) is 3.89. The van der Waals surface area contributed by atoms with E-state index in [0.29, 0.717) is 28.8 Å². The SMILES string of the molecule is CC1=C(C(=O)Nc2ccccc2)[C@H](c2ccc(C)cc2)N=C(Nc2nc3ccccc3o2)N1. The normalized spacial score (nSPS) is 15.7. The fraction of sp³-hybridized carbons (Fsp3) is 0.115. The number of aromatic nitrogens is 1. The molecule has 0 unspecified atom stereocenters. The van der Waals surface area contributed by atoms with E-state index in [1.54, 1.807) is 0 Å². The highest BCUT2D eigenvalue weighted by atomic mass is 16.4. The number of nitrogens with one attached hydrogen (secondary N) is 3. The molecule has 1 amide bonds. The molecule has 2 heterocycles. The molecule has 1 atom stereocenters. The van der Waals surface area contributed by atoms with Crippen LogP contribution in [0, 0.1) is 6.92 Å². The maximum Gasteiger partial charge on any atom is 0.302 e. The highest BCUT2D eigenvalue weighted by Crippen LogP contribution is 2.32. The van der Waals surface area contributed by atoms with Crippen molar-refractivity contribution in [2.24, 2.45) is 4.99 Å². The Bertz CT molecular complexity index is 1340. The number of oxazole rings is 1. The zero-order valence-corrected chi connectivity index (χ0v) is 18.3. The first-order chi connectivity index (χ1) is 16.1. The van der Waals surface area contributed by atoms with Gasteiger partial charge >= 0.3 is 6.01 Å². The minimum absolute atomic E-state index is 0.207. The van der Waals surface area contributed by atoms with Crippen LogP contribution in [0.3, 0.4) is 0 Å². The van der Waals surface area contributed by atoms with Crippen molar-refractivity contribution in [3.05, 3.63) is 101 Å². The molecule has 1 aromatic heterocycles. The van der Waals surface area contributed by atoms with Crippen LogP contribution in [0.2, 0.25) is 0 Å². The van der Waals surface area contributed by atoms with Crippen molar-refractivity contribution < 1.29 is 9.21 Å². The molecule has 5 rings (SSSR count). The minimum atomic E-state index is -0.498. The van der Waals surface area contributed by atoms with Gasteiger partial charge in [-0.25, -0.2) is 4.99 Å². The average molecular weight is 438 g/mol. The summed E-state index contributed by atoms with van der Waals surface area (Å²) in [4.78, 5) is 22.6. The predicted molar refractivity (Wildman–Crippen MR) is 130 cm³/mol. The van der Waals surface area contributed by atoms with Gasteiger partial charge in [0.15, 0.2) is 5.58 Å². The van der Waals surface area contributed by atoms with Crippen molar-refractivity contribution in [2.45, 2.75) is 19.9 Å². The standard InChI is InChI=1S/C26H23N5O2/c1-16-12-14-18(15-13-16)23-22(24(32)28-19-8-4-3-5-9-19)17(2)27-25(30-23)31-26-29-20-10-6-7-11-21(20)33-26/h3-15,23H,1-2H3,(H,28,32)(H2,27,29,30,31)/t23-/m0/s1. The molecule has 1 aliphatic heterocycles. The first-order valence-electron chi connectivity index (χ1n) is 10.7. The van der Waals surface area contributed by atoms with Gasteiger partial charge in [0, 0.05) is 11.4 Å². The molecule has 0 bridgehead atoms. The third kappa shape index (κ3) is 4.34. The number of benzene rings is 3. The number of aryl methyl sites for hydroxylation is 1. The Morgan fingerprint density at radius 3 is 2.42 bits per heavy atom. The van der Waals surface area contributed by atoms with E-state index in [2.05, 4.69) is 20.9 Å².